The van der Waals surface area contributed by atoms with Crippen molar-refractivity contribution in [3.05, 3.63) is 17.0 Å². The van der Waals surface area contributed by atoms with Crippen LogP contribution in [-0.4, -0.2) is 28.2 Å². The van der Waals surface area contributed by atoms with Crippen LogP contribution in [0.5, 0.6) is 0 Å². The highest BCUT2D eigenvalue weighted by Gasteiger charge is 2.24. The van der Waals surface area contributed by atoms with Gasteiger partial charge in [0.15, 0.2) is 5.69 Å². The molecule has 0 aromatic carbocycles. The molecule has 6 nitrogen and oxygen atoms in total. The first-order valence-corrected chi connectivity index (χ1v) is 6.08. The molecule has 1 aliphatic carbocycles. The maximum atomic E-state index is 11.9. The summed E-state index contributed by atoms with van der Waals surface area (Å²) in [7, 11) is 0. The fourth-order valence-electron chi connectivity index (χ4n) is 2.17. The molecule has 1 aromatic rings. The second-order valence-electron chi connectivity index (χ2n) is 4.61. The second kappa shape index (κ2) is 5.20. The largest absolute Gasteiger partial charge is 0.481 e. The molecular formula is C12H16N2O4. The van der Waals surface area contributed by atoms with E-state index >= 15 is 0 Å². The summed E-state index contributed by atoms with van der Waals surface area (Å²) in [6.45, 7) is 1.65. The van der Waals surface area contributed by atoms with Crippen LogP contribution in [0, 0.1) is 0 Å². The summed E-state index contributed by atoms with van der Waals surface area (Å²) in [5.41, 5.74) is 1.18. The first-order valence-electron chi connectivity index (χ1n) is 6.08. The van der Waals surface area contributed by atoms with Crippen molar-refractivity contribution in [2.24, 2.45) is 0 Å². The molecule has 2 N–H and O–H groups in total. The molecule has 2 rings (SSSR count). The molecule has 18 heavy (non-hydrogen) atoms. The van der Waals surface area contributed by atoms with E-state index in [4.69, 9.17) is 9.63 Å². The van der Waals surface area contributed by atoms with Gasteiger partial charge in [0.2, 0.25) is 0 Å². The predicted octanol–water partition coefficient (Wildman–Crippen LogP) is 1.15. The van der Waals surface area contributed by atoms with E-state index in [0.717, 1.165) is 37.0 Å². The number of fused-ring (bicyclic) bond motifs is 1. The second-order valence-corrected chi connectivity index (χ2v) is 4.61. The third-order valence-corrected chi connectivity index (χ3v) is 3.02. The van der Waals surface area contributed by atoms with Crippen molar-refractivity contribution in [1.82, 2.24) is 10.5 Å². The lowest BCUT2D eigenvalue weighted by Crippen LogP contribution is -2.35. The summed E-state index contributed by atoms with van der Waals surface area (Å²) in [6, 6.07) is -0.425. The van der Waals surface area contributed by atoms with Crippen molar-refractivity contribution < 1.29 is 19.2 Å². The Hall–Kier alpha value is -1.85. The van der Waals surface area contributed by atoms with Gasteiger partial charge in [-0.25, -0.2) is 0 Å². The average Bonchev–Trinajstić information content (AvgIpc) is 2.71. The van der Waals surface area contributed by atoms with Gasteiger partial charge in [0, 0.05) is 18.0 Å². The van der Waals surface area contributed by atoms with Gasteiger partial charge in [-0.3, -0.25) is 9.59 Å². The molecule has 98 valence electrons. The molecule has 0 bridgehead atoms. The van der Waals surface area contributed by atoms with Gasteiger partial charge in [0.1, 0.15) is 5.76 Å². The van der Waals surface area contributed by atoms with Crippen molar-refractivity contribution in [2.75, 3.05) is 0 Å². The van der Waals surface area contributed by atoms with E-state index in [2.05, 4.69) is 10.5 Å². The maximum absolute atomic E-state index is 11.9. The van der Waals surface area contributed by atoms with Crippen molar-refractivity contribution in [3.8, 4) is 0 Å². The summed E-state index contributed by atoms with van der Waals surface area (Å²) in [4.78, 5) is 22.5. The Labute approximate surface area is 104 Å². The van der Waals surface area contributed by atoms with Gasteiger partial charge in [0.05, 0.1) is 6.42 Å². The zero-order valence-electron chi connectivity index (χ0n) is 10.2. The monoisotopic (exact) mass is 252 g/mol. The molecule has 1 aromatic heterocycles. The molecular weight excluding hydrogens is 236 g/mol. The third-order valence-electron chi connectivity index (χ3n) is 3.02. The fraction of sp³-hybridized carbons (Fsp3) is 0.583. The number of carbonyl (C=O) groups excluding carboxylic acids is 1. The minimum Gasteiger partial charge on any atom is -0.481 e. The smallest absolute Gasteiger partial charge is 0.305 e. The highest BCUT2D eigenvalue weighted by Crippen LogP contribution is 2.24. The van der Waals surface area contributed by atoms with E-state index in [0.29, 0.717) is 5.69 Å². The summed E-state index contributed by atoms with van der Waals surface area (Å²) in [5.74, 6) is -0.502. The van der Waals surface area contributed by atoms with Crippen molar-refractivity contribution >= 4 is 11.9 Å². The van der Waals surface area contributed by atoms with Crippen molar-refractivity contribution in [3.63, 3.8) is 0 Å². The standard InChI is InChI=1S/C12H16N2O4/c1-7(6-10(15)16)13-12(17)11-8-4-2-3-5-9(8)18-14-11/h7H,2-6H2,1H3,(H,13,17)(H,15,16). The molecule has 0 fully saturated rings. The number of carboxylic acids is 1. The number of aromatic nitrogens is 1. The van der Waals surface area contributed by atoms with Crippen LogP contribution in [0.2, 0.25) is 0 Å². The van der Waals surface area contributed by atoms with Gasteiger partial charge >= 0.3 is 5.97 Å². The SMILES string of the molecule is CC(CC(=O)O)NC(=O)c1noc2c1CCCC2. The average molecular weight is 252 g/mol. The quantitative estimate of drug-likeness (QED) is 0.838. The maximum Gasteiger partial charge on any atom is 0.305 e. The minimum absolute atomic E-state index is 0.105. The number of nitrogens with zero attached hydrogens (tertiary/aromatic N) is 1. The van der Waals surface area contributed by atoms with Gasteiger partial charge in [-0.1, -0.05) is 5.16 Å². The lowest BCUT2D eigenvalue weighted by Gasteiger charge is -2.12. The van der Waals surface area contributed by atoms with E-state index in [1.54, 1.807) is 6.92 Å². The molecule has 0 spiro atoms. The Morgan fingerprint density at radius 3 is 2.89 bits per heavy atom. The van der Waals surface area contributed by atoms with Gasteiger partial charge < -0.3 is 14.9 Å². The zero-order chi connectivity index (χ0) is 13.1. The number of carboxylic acid groups (broad SMARTS) is 1. The molecule has 1 amide bonds. The van der Waals surface area contributed by atoms with E-state index < -0.39 is 12.0 Å². The highest BCUT2D eigenvalue weighted by atomic mass is 16.5. The van der Waals surface area contributed by atoms with Gasteiger partial charge in [-0.05, 0) is 26.2 Å². The molecule has 0 saturated carbocycles. The van der Waals surface area contributed by atoms with Crippen LogP contribution in [0.15, 0.2) is 4.52 Å². The van der Waals surface area contributed by atoms with Crippen LogP contribution in [0.25, 0.3) is 0 Å². The van der Waals surface area contributed by atoms with Crippen LogP contribution in [0.1, 0.15) is 48.0 Å². The normalized spacial score (nSPS) is 15.8. The van der Waals surface area contributed by atoms with Gasteiger partial charge in [0.25, 0.3) is 5.91 Å². The summed E-state index contributed by atoms with van der Waals surface area (Å²) in [6.07, 6.45) is 3.60. The van der Waals surface area contributed by atoms with Crippen LogP contribution < -0.4 is 5.32 Å². The number of hydrogen-bond acceptors (Lipinski definition) is 4. The van der Waals surface area contributed by atoms with Crippen LogP contribution in [-0.2, 0) is 17.6 Å². The van der Waals surface area contributed by atoms with E-state index in [1.807, 2.05) is 0 Å². The predicted molar refractivity (Wildman–Crippen MR) is 62.3 cm³/mol. The molecule has 1 unspecified atom stereocenters. The van der Waals surface area contributed by atoms with E-state index in [9.17, 15) is 9.59 Å². The molecule has 1 heterocycles. The van der Waals surface area contributed by atoms with E-state index in [-0.39, 0.29) is 12.3 Å². The third kappa shape index (κ3) is 2.69. The highest BCUT2D eigenvalue weighted by molar-refractivity contribution is 5.94. The van der Waals surface area contributed by atoms with Crippen LogP contribution in [0.4, 0.5) is 0 Å². The van der Waals surface area contributed by atoms with Crippen LogP contribution in [0.3, 0.4) is 0 Å². The Kier molecular flexibility index (Phi) is 3.64. The molecule has 6 heteroatoms. The molecule has 1 atom stereocenters. The lowest BCUT2D eigenvalue weighted by molar-refractivity contribution is -0.137. The Bertz CT molecular complexity index is 467. The first-order chi connectivity index (χ1) is 8.58. The van der Waals surface area contributed by atoms with Gasteiger partial charge in [-0.2, -0.15) is 0 Å². The number of aryl methyl sites for hydroxylation is 1. The minimum atomic E-state index is -0.940. The van der Waals surface area contributed by atoms with Gasteiger partial charge in [-0.15, -0.1) is 0 Å². The zero-order valence-corrected chi connectivity index (χ0v) is 10.2. The number of nitrogens with one attached hydrogen (secondary N) is 1. The molecule has 0 radical (unpaired) electrons. The Morgan fingerprint density at radius 1 is 1.44 bits per heavy atom. The number of aliphatic carboxylic acids is 1. The molecule has 1 aliphatic rings. The number of amides is 1. The Balaban J connectivity index is 2.05. The fourth-order valence-corrected chi connectivity index (χ4v) is 2.17. The lowest BCUT2D eigenvalue weighted by atomic mass is 9.96. The van der Waals surface area contributed by atoms with Crippen molar-refractivity contribution in [1.29, 1.82) is 0 Å². The molecule has 0 saturated heterocycles. The summed E-state index contributed by atoms with van der Waals surface area (Å²) in [5, 5.41) is 15.1. The van der Waals surface area contributed by atoms with Crippen LogP contribution >= 0.6 is 0 Å². The first kappa shape index (κ1) is 12.6. The summed E-state index contributed by atoms with van der Waals surface area (Å²) >= 11 is 0. The number of hydrogen-bond donors (Lipinski definition) is 2. The molecule has 0 aliphatic heterocycles. The van der Waals surface area contributed by atoms with Crippen molar-refractivity contribution in [2.45, 2.75) is 45.1 Å². The summed E-state index contributed by atoms with van der Waals surface area (Å²) < 4.78 is 5.14. The number of rotatable bonds is 4. The number of carbonyl (C=O) groups is 2. The topological polar surface area (TPSA) is 92.4 Å². The van der Waals surface area contributed by atoms with E-state index in [1.165, 1.54) is 0 Å². The Morgan fingerprint density at radius 2 is 2.17 bits per heavy atom.